The summed E-state index contributed by atoms with van der Waals surface area (Å²) >= 11 is 5.94. The number of hydrogen-bond donors (Lipinski definition) is 1. The molecule has 0 aliphatic heterocycles. The van der Waals surface area contributed by atoms with Gasteiger partial charge in [-0.1, -0.05) is 17.7 Å². The highest BCUT2D eigenvalue weighted by atomic mass is 35.5. The Labute approximate surface area is 115 Å². The van der Waals surface area contributed by atoms with Crippen LogP contribution in [0, 0.1) is 6.92 Å². The minimum atomic E-state index is -0.828. The smallest absolute Gasteiger partial charge is 0.303 e. The zero-order chi connectivity index (χ0) is 13.8. The van der Waals surface area contributed by atoms with Crippen LogP contribution in [0.5, 0.6) is 0 Å². The van der Waals surface area contributed by atoms with Gasteiger partial charge < -0.3 is 9.52 Å². The maximum Gasteiger partial charge on any atom is 0.303 e. The molecule has 0 atom stereocenters. The number of aromatic nitrogens is 2. The first-order chi connectivity index (χ1) is 9.06. The molecule has 0 bridgehead atoms. The lowest BCUT2D eigenvalue weighted by Crippen LogP contribution is -1.95. The predicted molar refractivity (Wildman–Crippen MR) is 70.1 cm³/mol. The molecule has 0 unspecified atom stereocenters. The quantitative estimate of drug-likeness (QED) is 0.910. The van der Waals surface area contributed by atoms with Gasteiger partial charge in [0.1, 0.15) is 0 Å². The number of carbonyl (C=O) groups is 1. The third kappa shape index (κ3) is 3.54. The zero-order valence-corrected chi connectivity index (χ0v) is 11.1. The third-order valence-electron chi connectivity index (χ3n) is 2.68. The van der Waals surface area contributed by atoms with Crippen LogP contribution in [0.1, 0.15) is 24.3 Å². The van der Waals surface area contributed by atoms with Crippen molar-refractivity contribution in [1.29, 1.82) is 0 Å². The molecule has 19 heavy (non-hydrogen) atoms. The van der Waals surface area contributed by atoms with E-state index in [2.05, 4.69) is 10.2 Å². The molecule has 2 aromatic rings. The number of rotatable bonds is 5. The van der Waals surface area contributed by atoms with Gasteiger partial charge in [0.15, 0.2) is 0 Å². The van der Waals surface area contributed by atoms with Crippen molar-refractivity contribution in [2.75, 3.05) is 0 Å². The fourth-order valence-electron chi connectivity index (χ4n) is 1.68. The van der Waals surface area contributed by atoms with Crippen LogP contribution in [0.25, 0.3) is 11.5 Å². The summed E-state index contributed by atoms with van der Waals surface area (Å²) in [5.74, 6) is 0.0198. The Morgan fingerprint density at radius 3 is 2.95 bits per heavy atom. The van der Waals surface area contributed by atoms with E-state index in [-0.39, 0.29) is 6.42 Å². The van der Waals surface area contributed by atoms with E-state index in [1.54, 1.807) is 12.1 Å². The maximum atomic E-state index is 10.4. The standard InChI is InChI=1S/C13H13ClN2O3/c1-8-5-6-9(14)7-10(8)13-16-15-11(19-13)3-2-4-12(17)18/h5-7H,2-4H2,1H3,(H,17,18). The predicted octanol–water partition coefficient (Wildman–Crippen LogP) is 3.11. The fraction of sp³-hybridized carbons (Fsp3) is 0.308. The summed E-state index contributed by atoms with van der Waals surface area (Å²) in [6, 6.07) is 5.45. The first-order valence-corrected chi connectivity index (χ1v) is 6.25. The Hall–Kier alpha value is -1.88. The lowest BCUT2D eigenvalue weighted by atomic mass is 10.1. The van der Waals surface area contributed by atoms with Gasteiger partial charge in [0, 0.05) is 23.4 Å². The molecule has 0 saturated heterocycles. The first kappa shape index (κ1) is 13.5. The van der Waals surface area contributed by atoms with E-state index < -0.39 is 5.97 Å². The van der Waals surface area contributed by atoms with Crippen LogP contribution in [0.4, 0.5) is 0 Å². The molecule has 0 amide bonds. The van der Waals surface area contributed by atoms with Crippen LogP contribution < -0.4 is 0 Å². The van der Waals surface area contributed by atoms with Crippen LogP contribution in [-0.2, 0) is 11.2 Å². The first-order valence-electron chi connectivity index (χ1n) is 5.87. The molecule has 0 saturated carbocycles. The van der Waals surface area contributed by atoms with Crippen LogP contribution in [0.3, 0.4) is 0 Å². The Morgan fingerprint density at radius 1 is 1.42 bits per heavy atom. The molecule has 1 aromatic carbocycles. The van der Waals surface area contributed by atoms with Gasteiger partial charge in [-0.15, -0.1) is 10.2 Å². The fourth-order valence-corrected chi connectivity index (χ4v) is 1.85. The van der Waals surface area contributed by atoms with Gasteiger partial charge >= 0.3 is 5.97 Å². The van der Waals surface area contributed by atoms with E-state index in [4.69, 9.17) is 21.1 Å². The van der Waals surface area contributed by atoms with Crippen molar-refractivity contribution in [2.45, 2.75) is 26.2 Å². The number of halogens is 1. The molecule has 1 N–H and O–H groups in total. The molecule has 0 spiro atoms. The summed E-state index contributed by atoms with van der Waals surface area (Å²) in [6.07, 6.45) is 1.03. The molecule has 6 heteroatoms. The Bertz CT molecular complexity index is 595. The number of aliphatic carboxylic acids is 1. The number of carboxylic acids is 1. The number of hydrogen-bond acceptors (Lipinski definition) is 4. The average molecular weight is 281 g/mol. The molecular formula is C13H13ClN2O3. The zero-order valence-electron chi connectivity index (χ0n) is 10.4. The molecule has 0 fully saturated rings. The minimum absolute atomic E-state index is 0.0912. The molecule has 1 aromatic heterocycles. The summed E-state index contributed by atoms with van der Waals surface area (Å²) in [7, 11) is 0. The van der Waals surface area contributed by atoms with Gasteiger partial charge in [-0.3, -0.25) is 4.79 Å². The normalized spacial score (nSPS) is 10.6. The van der Waals surface area contributed by atoms with E-state index >= 15 is 0 Å². The van der Waals surface area contributed by atoms with E-state index in [9.17, 15) is 4.79 Å². The van der Waals surface area contributed by atoms with Gasteiger partial charge in [0.25, 0.3) is 0 Å². The van der Waals surface area contributed by atoms with Crippen molar-refractivity contribution in [3.63, 3.8) is 0 Å². The van der Waals surface area contributed by atoms with Crippen LogP contribution >= 0.6 is 11.6 Å². The second-order valence-corrected chi connectivity index (χ2v) is 4.64. The summed E-state index contributed by atoms with van der Waals surface area (Å²) in [6.45, 7) is 1.93. The SMILES string of the molecule is Cc1ccc(Cl)cc1-c1nnc(CCCC(=O)O)o1. The number of carboxylic acid groups (broad SMARTS) is 1. The number of nitrogens with zero attached hydrogens (tertiary/aromatic N) is 2. The number of aryl methyl sites for hydroxylation is 2. The topological polar surface area (TPSA) is 76.2 Å². The van der Waals surface area contributed by atoms with Crippen molar-refractivity contribution in [3.8, 4) is 11.5 Å². The molecule has 0 aliphatic carbocycles. The molecule has 1 heterocycles. The van der Waals surface area contributed by atoms with E-state index in [0.29, 0.717) is 29.6 Å². The van der Waals surface area contributed by atoms with E-state index in [1.165, 1.54) is 0 Å². The molecule has 2 rings (SSSR count). The van der Waals surface area contributed by atoms with Crippen LogP contribution in [-0.4, -0.2) is 21.3 Å². The molecular weight excluding hydrogens is 268 g/mol. The van der Waals surface area contributed by atoms with Gasteiger partial charge in [-0.05, 0) is 31.0 Å². The van der Waals surface area contributed by atoms with Crippen molar-refractivity contribution in [1.82, 2.24) is 10.2 Å². The van der Waals surface area contributed by atoms with Crippen molar-refractivity contribution in [2.24, 2.45) is 0 Å². The van der Waals surface area contributed by atoms with Gasteiger partial charge in [-0.25, -0.2) is 0 Å². The molecule has 0 radical (unpaired) electrons. The van der Waals surface area contributed by atoms with Crippen molar-refractivity contribution < 1.29 is 14.3 Å². The monoisotopic (exact) mass is 280 g/mol. The van der Waals surface area contributed by atoms with Crippen molar-refractivity contribution >= 4 is 17.6 Å². The van der Waals surface area contributed by atoms with Crippen LogP contribution in [0.15, 0.2) is 22.6 Å². The largest absolute Gasteiger partial charge is 0.481 e. The Morgan fingerprint density at radius 2 is 2.21 bits per heavy atom. The highest BCUT2D eigenvalue weighted by Crippen LogP contribution is 2.25. The Balaban J connectivity index is 2.12. The van der Waals surface area contributed by atoms with Crippen molar-refractivity contribution in [3.05, 3.63) is 34.7 Å². The summed E-state index contributed by atoms with van der Waals surface area (Å²) in [5, 5.41) is 17.0. The second kappa shape index (κ2) is 5.84. The summed E-state index contributed by atoms with van der Waals surface area (Å²) < 4.78 is 5.51. The Kier molecular flexibility index (Phi) is 4.16. The third-order valence-corrected chi connectivity index (χ3v) is 2.91. The molecule has 5 nitrogen and oxygen atoms in total. The summed E-state index contributed by atoms with van der Waals surface area (Å²) in [4.78, 5) is 10.4. The number of benzene rings is 1. The van der Waals surface area contributed by atoms with Gasteiger partial charge in [0.05, 0.1) is 0 Å². The van der Waals surface area contributed by atoms with Gasteiger partial charge in [0.2, 0.25) is 11.8 Å². The maximum absolute atomic E-state index is 10.4. The summed E-state index contributed by atoms with van der Waals surface area (Å²) in [5.41, 5.74) is 1.79. The lowest BCUT2D eigenvalue weighted by Gasteiger charge is -2.00. The lowest BCUT2D eigenvalue weighted by molar-refractivity contribution is -0.137. The highest BCUT2D eigenvalue weighted by molar-refractivity contribution is 6.30. The van der Waals surface area contributed by atoms with Crippen LogP contribution in [0.2, 0.25) is 5.02 Å². The van der Waals surface area contributed by atoms with E-state index in [1.807, 2.05) is 13.0 Å². The molecule has 100 valence electrons. The second-order valence-electron chi connectivity index (χ2n) is 4.21. The van der Waals surface area contributed by atoms with E-state index in [0.717, 1.165) is 11.1 Å². The van der Waals surface area contributed by atoms with Gasteiger partial charge in [-0.2, -0.15) is 0 Å². The highest BCUT2D eigenvalue weighted by Gasteiger charge is 2.11. The average Bonchev–Trinajstić information content (AvgIpc) is 2.80. The minimum Gasteiger partial charge on any atom is -0.481 e. The molecule has 0 aliphatic rings.